The number of piperidine rings is 1. The van der Waals surface area contributed by atoms with Crippen LogP contribution in [0, 0.1) is 19.8 Å². The summed E-state index contributed by atoms with van der Waals surface area (Å²) in [6, 6.07) is 7.75. The summed E-state index contributed by atoms with van der Waals surface area (Å²) >= 11 is 0. The van der Waals surface area contributed by atoms with Gasteiger partial charge in [-0.05, 0) is 57.2 Å². The maximum Gasteiger partial charge on any atom is 0.0475 e. The Balaban J connectivity index is 2.26. The first-order valence-electron chi connectivity index (χ1n) is 7.56. The second-order valence-electron chi connectivity index (χ2n) is 6.33. The van der Waals surface area contributed by atoms with E-state index in [1.807, 2.05) is 0 Å². The molecule has 1 aliphatic heterocycles. The Labute approximate surface area is 118 Å². The van der Waals surface area contributed by atoms with Crippen LogP contribution in [0.4, 0.5) is 0 Å². The van der Waals surface area contributed by atoms with E-state index in [4.69, 9.17) is 5.73 Å². The number of hydrogen-bond donors (Lipinski definition) is 1. The molecule has 0 spiro atoms. The zero-order valence-corrected chi connectivity index (χ0v) is 12.8. The fraction of sp³-hybridized carbons (Fsp3) is 0.647. The molecule has 1 aromatic rings. The van der Waals surface area contributed by atoms with Gasteiger partial charge in [-0.25, -0.2) is 0 Å². The SMILES string of the molecule is Cc1ccc(C)c(C(CN)N2CCC(C)CC2C)c1. The van der Waals surface area contributed by atoms with Crippen molar-refractivity contribution < 1.29 is 0 Å². The Morgan fingerprint density at radius 3 is 2.68 bits per heavy atom. The third-order valence-electron chi connectivity index (χ3n) is 4.61. The average Bonchev–Trinajstić information content (AvgIpc) is 2.36. The van der Waals surface area contributed by atoms with Gasteiger partial charge in [0.25, 0.3) is 0 Å². The van der Waals surface area contributed by atoms with Gasteiger partial charge in [0.15, 0.2) is 0 Å². The van der Waals surface area contributed by atoms with Crippen molar-refractivity contribution in [1.29, 1.82) is 0 Å². The fourth-order valence-corrected chi connectivity index (χ4v) is 3.45. The van der Waals surface area contributed by atoms with Crippen LogP contribution in [0.5, 0.6) is 0 Å². The van der Waals surface area contributed by atoms with Crippen LogP contribution in [0.3, 0.4) is 0 Å². The first-order valence-corrected chi connectivity index (χ1v) is 7.56. The third-order valence-corrected chi connectivity index (χ3v) is 4.61. The van der Waals surface area contributed by atoms with Gasteiger partial charge < -0.3 is 5.73 Å². The standard InChI is InChI=1S/C17H28N2/c1-12-5-6-14(3)16(10-12)17(11-18)19-8-7-13(2)9-15(19)4/h5-6,10,13,15,17H,7-9,11,18H2,1-4H3. The molecule has 1 saturated heterocycles. The van der Waals surface area contributed by atoms with Crippen molar-refractivity contribution in [2.75, 3.05) is 13.1 Å². The molecular formula is C17H28N2. The highest BCUT2D eigenvalue weighted by Crippen LogP contribution is 2.32. The molecule has 1 aliphatic rings. The molecule has 2 heteroatoms. The molecule has 0 aliphatic carbocycles. The summed E-state index contributed by atoms with van der Waals surface area (Å²) in [4.78, 5) is 2.61. The summed E-state index contributed by atoms with van der Waals surface area (Å²) in [6.07, 6.45) is 2.59. The molecule has 19 heavy (non-hydrogen) atoms. The van der Waals surface area contributed by atoms with Crippen LogP contribution in [0.15, 0.2) is 18.2 Å². The Morgan fingerprint density at radius 2 is 2.05 bits per heavy atom. The van der Waals surface area contributed by atoms with Crippen LogP contribution in [-0.2, 0) is 0 Å². The van der Waals surface area contributed by atoms with Crippen LogP contribution in [0.1, 0.15) is 49.4 Å². The second-order valence-corrected chi connectivity index (χ2v) is 6.33. The van der Waals surface area contributed by atoms with E-state index in [0.717, 1.165) is 5.92 Å². The number of nitrogens with two attached hydrogens (primary N) is 1. The van der Waals surface area contributed by atoms with Gasteiger partial charge in [0.1, 0.15) is 0 Å². The average molecular weight is 260 g/mol. The lowest BCUT2D eigenvalue weighted by atomic mass is 9.89. The minimum absolute atomic E-state index is 0.377. The molecule has 1 heterocycles. The summed E-state index contributed by atoms with van der Waals surface area (Å²) in [5.74, 6) is 0.850. The highest BCUT2D eigenvalue weighted by molar-refractivity contribution is 5.33. The van der Waals surface area contributed by atoms with E-state index in [2.05, 4.69) is 50.8 Å². The van der Waals surface area contributed by atoms with Crippen LogP contribution in [0.2, 0.25) is 0 Å². The van der Waals surface area contributed by atoms with Gasteiger partial charge in [0.05, 0.1) is 0 Å². The molecule has 3 atom stereocenters. The molecule has 0 saturated carbocycles. The summed E-state index contributed by atoms with van der Waals surface area (Å²) in [5, 5.41) is 0. The number of aryl methyl sites for hydroxylation is 2. The number of hydrogen-bond acceptors (Lipinski definition) is 2. The van der Waals surface area contributed by atoms with Crippen LogP contribution < -0.4 is 5.73 Å². The van der Waals surface area contributed by atoms with Gasteiger partial charge in [-0.1, -0.05) is 30.7 Å². The van der Waals surface area contributed by atoms with Gasteiger partial charge in [0.2, 0.25) is 0 Å². The minimum Gasteiger partial charge on any atom is -0.329 e. The van der Waals surface area contributed by atoms with Gasteiger partial charge in [-0.15, -0.1) is 0 Å². The summed E-state index contributed by atoms with van der Waals surface area (Å²) < 4.78 is 0. The second kappa shape index (κ2) is 6.06. The molecule has 2 N–H and O–H groups in total. The first-order chi connectivity index (χ1) is 9.02. The molecule has 0 amide bonds. The molecule has 106 valence electrons. The van der Waals surface area contributed by atoms with E-state index in [1.54, 1.807) is 0 Å². The van der Waals surface area contributed by atoms with Crippen molar-refractivity contribution >= 4 is 0 Å². The topological polar surface area (TPSA) is 29.3 Å². The molecule has 0 bridgehead atoms. The minimum atomic E-state index is 0.377. The molecule has 0 radical (unpaired) electrons. The number of nitrogens with zero attached hydrogens (tertiary/aromatic N) is 1. The Hall–Kier alpha value is -0.860. The van der Waals surface area contributed by atoms with Crippen molar-refractivity contribution in [3.63, 3.8) is 0 Å². The lowest BCUT2D eigenvalue weighted by Crippen LogP contribution is -2.45. The maximum absolute atomic E-state index is 6.11. The van der Waals surface area contributed by atoms with Crippen molar-refractivity contribution in [3.8, 4) is 0 Å². The lowest BCUT2D eigenvalue weighted by Gasteiger charge is -2.42. The molecule has 2 rings (SSSR count). The van der Waals surface area contributed by atoms with Crippen molar-refractivity contribution in [2.24, 2.45) is 11.7 Å². The van der Waals surface area contributed by atoms with E-state index >= 15 is 0 Å². The zero-order chi connectivity index (χ0) is 14.0. The van der Waals surface area contributed by atoms with Crippen LogP contribution in [0.25, 0.3) is 0 Å². The van der Waals surface area contributed by atoms with Crippen molar-refractivity contribution in [1.82, 2.24) is 4.90 Å². The van der Waals surface area contributed by atoms with Gasteiger partial charge in [0, 0.05) is 18.6 Å². The van der Waals surface area contributed by atoms with E-state index in [0.29, 0.717) is 18.6 Å². The fourth-order valence-electron chi connectivity index (χ4n) is 3.45. The zero-order valence-electron chi connectivity index (χ0n) is 12.8. The summed E-state index contributed by atoms with van der Waals surface area (Å²) in [5.41, 5.74) is 10.2. The molecule has 0 aromatic heterocycles. The number of rotatable bonds is 3. The number of likely N-dealkylation sites (tertiary alicyclic amines) is 1. The van der Waals surface area contributed by atoms with E-state index < -0.39 is 0 Å². The predicted molar refractivity (Wildman–Crippen MR) is 82.3 cm³/mol. The largest absolute Gasteiger partial charge is 0.329 e. The Kier molecular flexibility index (Phi) is 4.64. The normalized spacial score (nSPS) is 26.4. The molecule has 1 aromatic carbocycles. The van der Waals surface area contributed by atoms with Crippen molar-refractivity contribution in [2.45, 2.75) is 52.6 Å². The smallest absolute Gasteiger partial charge is 0.0475 e. The Morgan fingerprint density at radius 1 is 1.32 bits per heavy atom. The van der Waals surface area contributed by atoms with E-state index in [1.165, 1.54) is 36.1 Å². The predicted octanol–water partition coefficient (Wildman–Crippen LogP) is 3.42. The van der Waals surface area contributed by atoms with Gasteiger partial charge >= 0.3 is 0 Å². The quantitative estimate of drug-likeness (QED) is 0.902. The summed E-state index contributed by atoms with van der Waals surface area (Å²) in [7, 11) is 0. The lowest BCUT2D eigenvalue weighted by molar-refractivity contribution is 0.0844. The van der Waals surface area contributed by atoms with Gasteiger partial charge in [-0.3, -0.25) is 4.90 Å². The van der Waals surface area contributed by atoms with Crippen molar-refractivity contribution in [3.05, 3.63) is 34.9 Å². The molecule has 1 fully saturated rings. The molecule has 2 nitrogen and oxygen atoms in total. The number of benzene rings is 1. The Bertz CT molecular complexity index is 427. The van der Waals surface area contributed by atoms with Crippen LogP contribution >= 0.6 is 0 Å². The summed E-state index contributed by atoms with van der Waals surface area (Å²) in [6.45, 7) is 11.0. The van der Waals surface area contributed by atoms with E-state index in [-0.39, 0.29) is 0 Å². The third kappa shape index (κ3) is 3.18. The molecular weight excluding hydrogens is 232 g/mol. The van der Waals surface area contributed by atoms with Crippen LogP contribution in [-0.4, -0.2) is 24.0 Å². The monoisotopic (exact) mass is 260 g/mol. The van der Waals surface area contributed by atoms with E-state index in [9.17, 15) is 0 Å². The molecule has 3 unspecified atom stereocenters. The highest BCUT2D eigenvalue weighted by atomic mass is 15.2. The maximum atomic E-state index is 6.11. The van der Waals surface area contributed by atoms with Gasteiger partial charge in [-0.2, -0.15) is 0 Å². The highest BCUT2D eigenvalue weighted by Gasteiger charge is 2.29. The first kappa shape index (κ1) is 14.5.